The standard InChI is InChI=1S/C28H36N4O4/c33-25-20-29-17-18-36-24-13-5-4-11-22(24)12-8-16-30-26(34)23(19-21-9-2-1-3-10-21)31-27(35)28(32-25)14-6-7-15-28/h1-5,9-11,13,23,29H,6-8,12,14-20H2,(H,30,34)(H,31,35)(H,32,33)/t23-/m0/s1. The summed E-state index contributed by atoms with van der Waals surface area (Å²) in [7, 11) is 0. The summed E-state index contributed by atoms with van der Waals surface area (Å²) in [6.07, 6.45) is 4.70. The van der Waals surface area contributed by atoms with Crippen LogP contribution in [0, 0.1) is 0 Å². The van der Waals surface area contributed by atoms with Crippen molar-refractivity contribution in [2.75, 3.05) is 26.2 Å². The summed E-state index contributed by atoms with van der Waals surface area (Å²) in [5.74, 6) is 0.0646. The van der Waals surface area contributed by atoms with E-state index in [2.05, 4.69) is 21.3 Å². The second kappa shape index (κ2) is 12.5. The summed E-state index contributed by atoms with van der Waals surface area (Å²) in [6, 6.07) is 16.8. The number of carbonyl (C=O) groups excluding carboxylic acids is 3. The number of rotatable bonds is 2. The van der Waals surface area contributed by atoms with Crippen molar-refractivity contribution < 1.29 is 19.1 Å². The van der Waals surface area contributed by atoms with Gasteiger partial charge in [0.1, 0.15) is 23.9 Å². The van der Waals surface area contributed by atoms with Crippen LogP contribution in [0.3, 0.4) is 0 Å². The van der Waals surface area contributed by atoms with Crippen LogP contribution in [-0.4, -0.2) is 55.5 Å². The molecule has 8 heteroatoms. The van der Waals surface area contributed by atoms with E-state index in [4.69, 9.17) is 4.74 Å². The third kappa shape index (κ3) is 6.85. The third-order valence-corrected chi connectivity index (χ3v) is 6.89. The number of amides is 3. The maximum absolute atomic E-state index is 13.5. The molecule has 8 nitrogen and oxygen atoms in total. The van der Waals surface area contributed by atoms with Crippen LogP contribution >= 0.6 is 0 Å². The molecule has 2 aromatic carbocycles. The molecule has 192 valence electrons. The maximum atomic E-state index is 13.5. The van der Waals surface area contributed by atoms with Gasteiger partial charge in [-0.3, -0.25) is 14.4 Å². The summed E-state index contributed by atoms with van der Waals surface area (Å²) in [5.41, 5.74) is 1.04. The minimum absolute atomic E-state index is 0.0912. The van der Waals surface area contributed by atoms with Gasteiger partial charge in [-0.05, 0) is 42.9 Å². The first kappa shape index (κ1) is 25.7. The first-order valence-corrected chi connectivity index (χ1v) is 12.9. The van der Waals surface area contributed by atoms with E-state index in [9.17, 15) is 14.4 Å². The van der Waals surface area contributed by atoms with E-state index < -0.39 is 11.6 Å². The second-order valence-corrected chi connectivity index (χ2v) is 9.58. The molecule has 1 fully saturated rings. The molecular weight excluding hydrogens is 456 g/mol. The lowest BCUT2D eigenvalue weighted by Crippen LogP contribution is -2.62. The van der Waals surface area contributed by atoms with Crippen molar-refractivity contribution in [1.82, 2.24) is 21.3 Å². The molecule has 1 heterocycles. The molecule has 4 rings (SSSR count). The van der Waals surface area contributed by atoms with Gasteiger partial charge in [0.15, 0.2) is 0 Å². The Bertz CT molecular complexity index is 1040. The third-order valence-electron chi connectivity index (χ3n) is 6.89. The van der Waals surface area contributed by atoms with E-state index in [1.54, 1.807) is 0 Å². The zero-order valence-electron chi connectivity index (χ0n) is 20.7. The minimum Gasteiger partial charge on any atom is -0.492 e. The van der Waals surface area contributed by atoms with Crippen molar-refractivity contribution in [1.29, 1.82) is 0 Å². The van der Waals surface area contributed by atoms with Crippen LogP contribution in [0.5, 0.6) is 5.75 Å². The van der Waals surface area contributed by atoms with E-state index in [0.29, 0.717) is 39.0 Å². The Hall–Kier alpha value is -3.39. The fourth-order valence-electron chi connectivity index (χ4n) is 4.95. The van der Waals surface area contributed by atoms with Crippen LogP contribution < -0.4 is 26.0 Å². The van der Waals surface area contributed by atoms with E-state index in [0.717, 1.165) is 42.6 Å². The van der Waals surface area contributed by atoms with Crippen molar-refractivity contribution in [3.8, 4) is 5.75 Å². The number of nitrogens with one attached hydrogen (secondary N) is 4. The van der Waals surface area contributed by atoms with Gasteiger partial charge in [-0.15, -0.1) is 0 Å². The lowest BCUT2D eigenvalue weighted by molar-refractivity contribution is -0.135. The molecule has 0 radical (unpaired) electrons. The van der Waals surface area contributed by atoms with Crippen molar-refractivity contribution in [3.63, 3.8) is 0 Å². The van der Waals surface area contributed by atoms with Crippen LogP contribution in [0.1, 0.15) is 43.2 Å². The van der Waals surface area contributed by atoms with Gasteiger partial charge in [-0.25, -0.2) is 0 Å². The first-order chi connectivity index (χ1) is 17.6. The molecule has 1 atom stereocenters. The summed E-state index contributed by atoms with van der Waals surface area (Å²) in [4.78, 5) is 39.5. The molecule has 0 unspecified atom stereocenters. The lowest BCUT2D eigenvalue weighted by atomic mass is 9.94. The summed E-state index contributed by atoms with van der Waals surface area (Å²) in [5, 5.41) is 12.1. The molecule has 3 amide bonds. The molecule has 2 aromatic rings. The Morgan fingerprint density at radius 1 is 0.889 bits per heavy atom. The molecule has 36 heavy (non-hydrogen) atoms. The average molecular weight is 493 g/mol. The monoisotopic (exact) mass is 492 g/mol. The van der Waals surface area contributed by atoms with Gasteiger partial charge in [0.25, 0.3) is 0 Å². The quantitative estimate of drug-likeness (QED) is 0.512. The van der Waals surface area contributed by atoms with Crippen LogP contribution in [0.25, 0.3) is 0 Å². The SMILES string of the molecule is O=C1CNCCOc2ccccc2CCCNC(=O)[C@H](Cc2ccccc2)NC(=O)C2(CCCC2)N1. The molecule has 0 saturated heterocycles. The van der Waals surface area contributed by atoms with Crippen molar-refractivity contribution in [2.24, 2.45) is 0 Å². The first-order valence-electron chi connectivity index (χ1n) is 12.9. The molecule has 2 aliphatic rings. The number of aryl methyl sites for hydroxylation is 1. The number of hydrogen-bond donors (Lipinski definition) is 4. The molecule has 1 aliphatic heterocycles. The Kier molecular flexibility index (Phi) is 8.95. The molecule has 1 aliphatic carbocycles. The number of hydrogen-bond acceptors (Lipinski definition) is 5. The van der Waals surface area contributed by atoms with Gasteiger partial charge in [0, 0.05) is 19.5 Å². The summed E-state index contributed by atoms with van der Waals surface area (Å²) in [6.45, 7) is 1.51. The highest BCUT2D eigenvalue weighted by atomic mass is 16.5. The molecule has 4 N–H and O–H groups in total. The van der Waals surface area contributed by atoms with Crippen LogP contribution in [0.2, 0.25) is 0 Å². The van der Waals surface area contributed by atoms with Gasteiger partial charge >= 0.3 is 0 Å². The normalized spacial score (nSPS) is 21.8. The highest BCUT2D eigenvalue weighted by molar-refractivity contribution is 5.95. The fourth-order valence-corrected chi connectivity index (χ4v) is 4.95. The molecular formula is C28H36N4O4. The number of para-hydroxylation sites is 1. The Morgan fingerprint density at radius 2 is 1.64 bits per heavy atom. The Balaban J connectivity index is 1.53. The zero-order valence-corrected chi connectivity index (χ0v) is 20.7. The number of carbonyl (C=O) groups is 3. The number of fused-ring (bicyclic) bond motifs is 1. The van der Waals surface area contributed by atoms with E-state index in [1.807, 2.05) is 54.6 Å². The van der Waals surface area contributed by atoms with Gasteiger partial charge in [0.2, 0.25) is 17.7 Å². The number of benzene rings is 2. The largest absolute Gasteiger partial charge is 0.492 e. The molecule has 1 spiro atoms. The predicted molar refractivity (Wildman–Crippen MR) is 138 cm³/mol. The van der Waals surface area contributed by atoms with Gasteiger partial charge in [-0.2, -0.15) is 0 Å². The topological polar surface area (TPSA) is 109 Å². The van der Waals surface area contributed by atoms with Crippen LogP contribution in [0.15, 0.2) is 54.6 Å². The molecule has 0 bridgehead atoms. The smallest absolute Gasteiger partial charge is 0.246 e. The van der Waals surface area contributed by atoms with Crippen LogP contribution in [-0.2, 0) is 27.2 Å². The van der Waals surface area contributed by atoms with Gasteiger partial charge < -0.3 is 26.0 Å². The van der Waals surface area contributed by atoms with Crippen molar-refractivity contribution in [3.05, 3.63) is 65.7 Å². The summed E-state index contributed by atoms with van der Waals surface area (Å²) < 4.78 is 5.94. The van der Waals surface area contributed by atoms with Crippen molar-refractivity contribution >= 4 is 17.7 Å². The fraction of sp³-hybridized carbons (Fsp3) is 0.464. The summed E-state index contributed by atoms with van der Waals surface area (Å²) >= 11 is 0. The highest BCUT2D eigenvalue weighted by Gasteiger charge is 2.43. The van der Waals surface area contributed by atoms with Gasteiger partial charge in [-0.1, -0.05) is 61.4 Å². The zero-order chi connectivity index (χ0) is 25.2. The maximum Gasteiger partial charge on any atom is 0.246 e. The lowest BCUT2D eigenvalue weighted by Gasteiger charge is -2.31. The van der Waals surface area contributed by atoms with Gasteiger partial charge in [0.05, 0.1) is 6.54 Å². The average Bonchev–Trinajstić information content (AvgIpc) is 3.36. The van der Waals surface area contributed by atoms with E-state index >= 15 is 0 Å². The molecule has 0 aromatic heterocycles. The highest BCUT2D eigenvalue weighted by Crippen LogP contribution is 2.30. The Morgan fingerprint density at radius 3 is 2.44 bits per heavy atom. The minimum atomic E-state index is -0.991. The number of ether oxygens (including phenoxy) is 1. The van der Waals surface area contributed by atoms with E-state index in [1.165, 1.54) is 0 Å². The Labute approximate surface area is 212 Å². The van der Waals surface area contributed by atoms with Crippen LogP contribution in [0.4, 0.5) is 0 Å². The van der Waals surface area contributed by atoms with E-state index in [-0.39, 0.29) is 24.3 Å². The molecule has 1 saturated carbocycles. The second-order valence-electron chi connectivity index (χ2n) is 9.58. The van der Waals surface area contributed by atoms with Crippen molar-refractivity contribution in [2.45, 2.75) is 56.5 Å². The predicted octanol–water partition coefficient (Wildman–Crippen LogP) is 1.87.